The molecule has 0 radical (unpaired) electrons. The van der Waals surface area contributed by atoms with Gasteiger partial charge in [0, 0.05) is 23.4 Å². The van der Waals surface area contributed by atoms with E-state index in [1.165, 1.54) is 4.90 Å². The molecule has 1 aliphatic heterocycles. The van der Waals surface area contributed by atoms with Gasteiger partial charge in [0.25, 0.3) is 0 Å². The fourth-order valence-electron chi connectivity index (χ4n) is 3.40. The minimum Gasteiger partial charge on any atom is -0.465 e. The van der Waals surface area contributed by atoms with E-state index < -0.39 is 23.4 Å². The highest BCUT2D eigenvalue weighted by Crippen LogP contribution is 2.43. The molecule has 1 aliphatic rings. The number of thioether (sulfide) groups is 1. The van der Waals surface area contributed by atoms with E-state index in [1.54, 1.807) is 18.7 Å². The van der Waals surface area contributed by atoms with Gasteiger partial charge in [-0.05, 0) is 43.7 Å². The van der Waals surface area contributed by atoms with Gasteiger partial charge in [0.15, 0.2) is 5.92 Å². The first kappa shape index (κ1) is 19.1. The largest absolute Gasteiger partial charge is 0.465 e. The molecule has 1 N–H and O–H groups in total. The Hall–Kier alpha value is -2.20. The predicted molar refractivity (Wildman–Crippen MR) is 94.5 cm³/mol. The Morgan fingerprint density at radius 1 is 1.44 bits per heavy atom. The number of nitrogens with zero attached hydrogens (tertiary/aromatic N) is 2. The van der Waals surface area contributed by atoms with E-state index in [-0.39, 0.29) is 19.7 Å². The second-order valence-corrected chi connectivity index (χ2v) is 6.85. The maximum absolute atomic E-state index is 12.4. The molecule has 1 fully saturated rings. The smallest absolute Gasteiger partial charge is 0.407 e. The number of hydrogen-bond acceptors (Lipinski definition) is 5. The maximum atomic E-state index is 12.4. The molecule has 1 aromatic rings. The first-order valence-electron chi connectivity index (χ1n) is 8.17. The van der Waals surface area contributed by atoms with Crippen LogP contribution in [-0.2, 0) is 14.9 Å². The van der Waals surface area contributed by atoms with Crippen LogP contribution in [0.2, 0.25) is 0 Å². The van der Waals surface area contributed by atoms with Crippen LogP contribution in [0.5, 0.6) is 0 Å². The van der Waals surface area contributed by atoms with Crippen molar-refractivity contribution < 1.29 is 19.4 Å². The zero-order valence-corrected chi connectivity index (χ0v) is 15.2. The average molecular weight is 362 g/mol. The molecule has 0 spiro atoms. The van der Waals surface area contributed by atoms with Gasteiger partial charge < -0.3 is 14.7 Å². The van der Waals surface area contributed by atoms with Gasteiger partial charge in [-0.25, -0.2) is 4.79 Å². The van der Waals surface area contributed by atoms with E-state index in [9.17, 15) is 20.0 Å². The van der Waals surface area contributed by atoms with Crippen molar-refractivity contribution in [1.29, 1.82) is 5.26 Å². The van der Waals surface area contributed by atoms with Crippen LogP contribution in [0, 0.1) is 17.2 Å². The molecule has 0 aromatic heterocycles. The third kappa shape index (κ3) is 3.90. The summed E-state index contributed by atoms with van der Waals surface area (Å²) in [4.78, 5) is 26.1. The van der Waals surface area contributed by atoms with Crippen LogP contribution in [0.15, 0.2) is 29.2 Å². The molecule has 1 saturated heterocycles. The van der Waals surface area contributed by atoms with Crippen molar-refractivity contribution in [2.75, 3.05) is 26.0 Å². The lowest BCUT2D eigenvalue weighted by atomic mass is 9.64. The van der Waals surface area contributed by atoms with E-state index >= 15 is 0 Å². The molecule has 0 aliphatic carbocycles. The molecule has 6 nitrogen and oxygen atoms in total. The molecule has 7 heteroatoms. The van der Waals surface area contributed by atoms with Gasteiger partial charge in [-0.15, -0.1) is 11.8 Å². The number of esters is 1. The number of rotatable bonds is 5. The Morgan fingerprint density at radius 3 is 2.64 bits per heavy atom. The number of likely N-dealkylation sites (tertiary alicyclic amines) is 1. The summed E-state index contributed by atoms with van der Waals surface area (Å²) < 4.78 is 5.13. The van der Waals surface area contributed by atoms with E-state index in [0.29, 0.717) is 12.8 Å². The highest BCUT2D eigenvalue weighted by molar-refractivity contribution is 7.98. The number of carboxylic acid groups (broad SMARTS) is 1. The van der Waals surface area contributed by atoms with Gasteiger partial charge >= 0.3 is 12.1 Å². The highest BCUT2D eigenvalue weighted by atomic mass is 32.2. The number of benzene rings is 1. The zero-order valence-electron chi connectivity index (χ0n) is 14.4. The molecule has 1 heterocycles. The number of amides is 1. The van der Waals surface area contributed by atoms with Crippen LogP contribution in [0.1, 0.15) is 25.3 Å². The summed E-state index contributed by atoms with van der Waals surface area (Å²) in [6.07, 6.45) is 1.81. The first-order valence-corrected chi connectivity index (χ1v) is 9.39. The molecule has 1 atom stereocenters. The number of ether oxygens (including phenoxy) is 1. The Bertz CT molecular complexity index is 678. The summed E-state index contributed by atoms with van der Waals surface area (Å²) in [5.41, 5.74) is 0.155. The molecular formula is C18H22N2O4S. The second kappa shape index (κ2) is 8.26. The topological polar surface area (TPSA) is 90.6 Å². The van der Waals surface area contributed by atoms with Crippen LogP contribution in [0.25, 0.3) is 0 Å². The summed E-state index contributed by atoms with van der Waals surface area (Å²) in [6, 6.07) is 9.92. The first-order chi connectivity index (χ1) is 12.0. The van der Waals surface area contributed by atoms with Crippen molar-refractivity contribution in [3.63, 3.8) is 0 Å². The highest BCUT2D eigenvalue weighted by Gasteiger charge is 2.48. The predicted octanol–water partition coefficient (Wildman–Crippen LogP) is 3.12. The van der Waals surface area contributed by atoms with Crippen molar-refractivity contribution in [3.05, 3.63) is 29.8 Å². The molecular weight excluding hydrogens is 340 g/mol. The monoisotopic (exact) mass is 362 g/mol. The molecule has 1 amide bonds. The van der Waals surface area contributed by atoms with E-state index in [2.05, 4.69) is 6.07 Å². The Morgan fingerprint density at radius 2 is 2.12 bits per heavy atom. The minimum atomic E-state index is -0.976. The fraction of sp³-hybridized carbons (Fsp3) is 0.500. The molecule has 1 unspecified atom stereocenters. The number of nitriles is 1. The van der Waals surface area contributed by atoms with Crippen LogP contribution < -0.4 is 0 Å². The summed E-state index contributed by atoms with van der Waals surface area (Å²) in [5.74, 6) is -1.50. The molecule has 134 valence electrons. The van der Waals surface area contributed by atoms with E-state index in [1.807, 2.05) is 30.5 Å². The molecule has 0 bridgehead atoms. The van der Waals surface area contributed by atoms with Gasteiger partial charge in [-0.2, -0.15) is 5.26 Å². The van der Waals surface area contributed by atoms with Crippen molar-refractivity contribution in [3.8, 4) is 6.07 Å². The third-order valence-electron chi connectivity index (χ3n) is 4.77. The number of carbonyl (C=O) groups excluding carboxylic acids is 1. The maximum Gasteiger partial charge on any atom is 0.407 e. The minimum absolute atomic E-state index is 0.208. The number of piperidine rings is 1. The average Bonchev–Trinajstić information content (AvgIpc) is 2.63. The van der Waals surface area contributed by atoms with Crippen molar-refractivity contribution in [2.45, 2.75) is 30.1 Å². The quantitative estimate of drug-likeness (QED) is 0.639. The Kier molecular flexibility index (Phi) is 6.32. The van der Waals surface area contributed by atoms with Gasteiger partial charge in [0.05, 0.1) is 12.7 Å². The van der Waals surface area contributed by atoms with Gasteiger partial charge in [-0.1, -0.05) is 12.1 Å². The summed E-state index contributed by atoms with van der Waals surface area (Å²) in [6.45, 7) is 2.49. The summed E-state index contributed by atoms with van der Waals surface area (Å²) in [5, 5.41) is 18.9. The fourth-order valence-corrected chi connectivity index (χ4v) is 3.86. The second-order valence-electron chi connectivity index (χ2n) is 5.97. The van der Waals surface area contributed by atoms with Crippen LogP contribution in [0.3, 0.4) is 0 Å². The zero-order chi connectivity index (χ0) is 18.4. The van der Waals surface area contributed by atoms with Crippen LogP contribution in [-0.4, -0.2) is 48.0 Å². The van der Waals surface area contributed by atoms with Crippen LogP contribution >= 0.6 is 11.8 Å². The van der Waals surface area contributed by atoms with Crippen molar-refractivity contribution in [2.24, 2.45) is 5.92 Å². The summed E-state index contributed by atoms with van der Waals surface area (Å²) >= 11 is 1.59. The Balaban J connectivity index is 2.46. The SMILES string of the molecule is CCOC(=O)C(C#N)C1(c2cccc(SC)c2)CCN(C(=O)O)CC1. The van der Waals surface area contributed by atoms with Gasteiger partial charge in [0.2, 0.25) is 0 Å². The van der Waals surface area contributed by atoms with E-state index in [0.717, 1.165) is 10.5 Å². The molecule has 1 aromatic carbocycles. The van der Waals surface area contributed by atoms with Crippen LogP contribution in [0.4, 0.5) is 4.79 Å². The standard InChI is InChI=1S/C18H22N2O4S/c1-3-24-16(21)15(12-19)18(7-9-20(10-8-18)17(22)23)13-5-4-6-14(11-13)25-2/h4-6,11,15H,3,7-10H2,1-2H3,(H,22,23). The number of carbonyl (C=O) groups is 2. The summed E-state index contributed by atoms with van der Waals surface area (Å²) in [7, 11) is 0. The molecule has 25 heavy (non-hydrogen) atoms. The normalized spacial score (nSPS) is 17.4. The van der Waals surface area contributed by atoms with Gasteiger partial charge in [-0.3, -0.25) is 4.79 Å². The number of hydrogen-bond donors (Lipinski definition) is 1. The molecule has 0 saturated carbocycles. The third-order valence-corrected chi connectivity index (χ3v) is 5.50. The van der Waals surface area contributed by atoms with Crippen molar-refractivity contribution >= 4 is 23.8 Å². The Labute approximate surface area is 151 Å². The lowest BCUT2D eigenvalue weighted by Gasteiger charge is -2.43. The lowest BCUT2D eigenvalue weighted by Crippen LogP contribution is -2.50. The lowest BCUT2D eigenvalue weighted by molar-refractivity contribution is -0.149. The van der Waals surface area contributed by atoms with Gasteiger partial charge in [0.1, 0.15) is 0 Å². The molecule has 2 rings (SSSR count). The van der Waals surface area contributed by atoms with Crippen molar-refractivity contribution in [1.82, 2.24) is 4.90 Å². The van der Waals surface area contributed by atoms with E-state index in [4.69, 9.17) is 4.74 Å².